The first-order valence-corrected chi connectivity index (χ1v) is 12.5. The van der Waals surface area contributed by atoms with Crippen LogP contribution in [0.5, 0.6) is 0 Å². The van der Waals surface area contributed by atoms with E-state index >= 15 is 0 Å². The average Bonchev–Trinajstić information content (AvgIpc) is 2.72. The van der Waals surface area contributed by atoms with Gasteiger partial charge in [0.1, 0.15) is 0 Å². The number of benzene rings is 2. The number of hydrogen-bond donors (Lipinski definition) is 2. The van der Waals surface area contributed by atoms with Crippen LogP contribution in [0.2, 0.25) is 0 Å². The molecule has 0 saturated carbocycles. The van der Waals surface area contributed by atoms with Crippen LogP contribution in [0.4, 0.5) is 0 Å². The summed E-state index contributed by atoms with van der Waals surface area (Å²) in [4.78, 5) is 12.7. The molecule has 162 valence electrons. The summed E-state index contributed by atoms with van der Waals surface area (Å²) in [7, 11) is -7.31. The van der Waals surface area contributed by atoms with Gasteiger partial charge in [-0.15, -0.1) is 0 Å². The van der Waals surface area contributed by atoms with Crippen LogP contribution in [0.3, 0.4) is 0 Å². The van der Waals surface area contributed by atoms with E-state index in [0.717, 1.165) is 11.1 Å². The molecule has 1 aliphatic rings. The molecule has 30 heavy (non-hydrogen) atoms. The van der Waals surface area contributed by atoms with Crippen LogP contribution >= 0.6 is 0 Å². The zero-order valence-electron chi connectivity index (χ0n) is 16.6. The predicted molar refractivity (Wildman–Crippen MR) is 112 cm³/mol. The Bertz CT molecular complexity index is 1100. The van der Waals surface area contributed by atoms with Gasteiger partial charge in [0, 0.05) is 25.6 Å². The van der Waals surface area contributed by atoms with Gasteiger partial charge in [-0.3, -0.25) is 4.79 Å². The summed E-state index contributed by atoms with van der Waals surface area (Å²) in [5.74, 6) is -0.406. The van der Waals surface area contributed by atoms with Gasteiger partial charge in [0.15, 0.2) is 0 Å². The highest BCUT2D eigenvalue weighted by molar-refractivity contribution is 7.89. The molecule has 1 fully saturated rings. The van der Waals surface area contributed by atoms with Crippen molar-refractivity contribution in [3.63, 3.8) is 0 Å². The number of nitrogens with one attached hydrogen (secondary N) is 1. The molecular formula is C20H25N3O5S2. The van der Waals surface area contributed by atoms with Gasteiger partial charge >= 0.3 is 0 Å². The minimum atomic E-state index is -3.75. The van der Waals surface area contributed by atoms with Crippen molar-refractivity contribution in [2.45, 2.75) is 36.1 Å². The van der Waals surface area contributed by atoms with Gasteiger partial charge in [-0.25, -0.2) is 22.0 Å². The smallest absolute Gasteiger partial charge is 0.243 e. The van der Waals surface area contributed by atoms with Crippen molar-refractivity contribution in [2.24, 2.45) is 11.1 Å². The molecule has 2 aromatic carbocycles. The van der Waals surface area contributed by atoms with Crippen molar-refractivity contribution in [3.05, 3.63) is 59.7 Å². The van der Waals surface area contributed by atoms with E-state index < -0.39 is 20.0 Å². The molecular weight excluding hydrogens is 426 g/mol. The quantitative estimate of drug-likeness (QED) is 0.686. The molecule has 1 heterocycles. The van der Waals surface area contributed by atoms with E-state index in [2.05, 4.69) is 5.32 Å². The number of nitrogens with zero attached hydrogens (tertiary/aromatic N) is 1. The largest absolute Gasteiger partial charge is 0.352 e. The van der Waals surface area contributed by atoms with Crippen LogP contribution in [-0.2, 0) is 31.4 Å². The summed E-state index contributed by atoms with van der Waals surface area (Å²) in [6, 6.07) is 12.7. The van der Waals surface area contributed by atoms with Crippen LogP contribution in [-0.4, -0.2) is 40.1 Å². The Labute approximate surface area is 177 Å². The van der Waals surface area contributed by atoms with Gasteiger partial charge in [0.25, 0.3) is 0 Å². The van der Waals surface area contributed by atoms with E-state index in [1.54, 1.807) is 36.4 Å². The molecule has 8 nitrogen and oxygen atoms in total. The number of piperidine rings is 1. The minimum Gasteiger partial charge on any atom is -0.352 e. The first kappa shape index (κ1) is 22.4. The van der Waals surface area contributed by atoms with Crippen molar-refractivity contribution in [1.29, 1.82) is 0 Å². The van der Waals surface area contributed by atoms with Crippen LogP contribution in [0.25, 0.3) is 0 Å². The molecule has 0 aliphatic carbocycles. The molecule has 1 amide bonds. The number of carbonyl (C=O) groups excluding carboxylic acids is 1. The Kier molecular flexibility index (Phi) is 6.61. The Morgan fingerprint density at radius 1 is 0.967 bits per heavy atom. The number of sulfonamides is 2. The van der Waals surface area contributed by atoms with E-state index in [-0.39, 0.29) is 41.3 Å². The highest BCUT2D eigenvalue weighted by Crippen LogP contribution is 2.24. The average molecular weight is 452 g/mol. The van der Waals surface area contributed by atoms with Gasteiger partial charge in [0.2, 0.25) is 26.0 Å². The normalized spacial score (nSPS) is 16.3. The van der Waals surface area contributed by atoms with E-state index in [0.29, 0.717) is 12.8 Å². The maximum Gasteiger partial charge on any atom is 0.243 e. The first-order chi connectivity index (χ1) is 14.1. The number of hydrogen-bond acceptors (Lipinski definition) is 5. The van der Waals surface area contributed by atoms with E-state index in [9.17, 15) is 21.6 Å². The Morgan fingerprint density at radius 3 is 2.03 bits per heavy atom. The molecule has 1 saturated heterocycles. The van der Waals surface area contributed by atoms with Crippen LogP contribution in [0.15, 0.2) is 58.3 Å². The molecule has 0 unspecified atom stereocenters. The van der Waals surface area contributed by atoms with E-state index in [1.807, 2.05) is 6.92 Å². The van der Waals surface area contributed by atoms with Gasteiger partial charge in [-0.05, 0) is 49.6 Å². The maximum absolute atomic E-state index is 12.8. The van der Waals surface area contributed by atoms with Crippen molar-refractivity contribution in [3.8, 4) is 0 Å². The van der Waals surface area contributed by atoms with E-state index in [1.165, 1.54) is 16.4 Å². The third-order valence-electron chi connectivity index (χ3n) is 5.20. The number of aryl methyl sites for hydroxylation is 1. The van der Waals surface area contributed by atoms with Gasteiger partial charge < -0.3 is 5.32 Å². The SMILES string of the molecule is Cc1ccc(S(=O)(=O)N2CCC(C(=O)NCc3ccc(S(N)(=O)=O)cc3)CC2)cc1. The standard InChI is InChI=1S/C20H25N3O5S2/c1-15-2-6-19(7-3-15)30(27,28)23-12-10-17(11-13-23)20(24)22-14-16-4-8-18(9-5-16)29(21,25)26/h2-9,17H,10-14H2,1H3,(H,22,24)(H2,21,25,26). The summed E-state index contributed by atoms with van der Waals surface area (Å²) in [6.45, 7) is 2.73. The third-order valence-corrected chi connectivity index (χ3v) is 8.04. The second-order valence-electron chi connectivity index (χ2n) is 7.40. The van der Waals surface area contributed by atoms with Crippen LogP contribution < -0.4 is 10.5 Å². The van der Waals surface area contributed by atoms with Crippen LogP contribution in [0, 0.1) is 12.8 Å². The number of carbonyl (C=O) groups is 1. The van der Waals surface area contributed by atoms with Crippen molar-refractivity contribution in [2.75, 3.05) is 13.1 Å². The molecule has 0 spiro atoms. The molecule has 0 atom stereocenters. The molecule has 0 bridgehead atoms. The van der Waals surface area contributed by atoms with Crippen molar-refractivity contribution in [1.82, 2.24) is 9.62 Å². The minimum absolute atomic E-state index is 0.0136. The fourth-order valence-electron chi connectivity index (χ4n) is 3.35. The lowest BCUT2D eigenvalue weighted by Crippen LogP contribution is -2.42. The second kappa shape index (κ2) is 8.84. The highest BCUT2D eigenvalue weighted by atomic mass is 32.2. The Balaban J connectivity index is 1.53. The first-order valence-electron chi connectivity index (χ1n) is 9.53. The second-order valence-corrected chi connectivity index (χ2v) is 10.9. The topological polar surface area (TPSA) is 127 Å². The van der Waals surface area contributed by atoms with Crippen LogP contribution in [0.1, 0.15) is 24.0 Å². The Hall–Kier alpha value is -2.27. The van der Waals surface area contributed by atoms with Gasteiger partial charge in [-0.2, -0.15) is 4.31 Å². The molecule has 2 aromatic rings. The van der Waals surface area contributed by atoms with Gasteiger partial charge in [0.05, 0.1) is 9.79 Å². The van der Waals surface area contributed by atoms with E-state index in [4.69, 9.17) is 5.14 Å². The number of primary sulfonamides is 1. The molecule has 3 N–H and O–H groups in total. The molecule has 0 aromatic heterocycles. The van der Waals surface area contributed by atoms with Crippen molar-refractivity contribution < 1.29 is 21.6 Å². The third kappa shape index (κ3) is 5.25. The fourth-order valence-corrected chi connectivity index (χ4v) is 5.33. The highest BCUT2D eigenvalue weighted by Gasteiger charge is 2.31. The number of amides is 1. The van der Waals surface area contributed by atoms with Gasteiger partial charge in [-0.1, -0.05) is 29.8 Å². The lowest BCUT2D eigenvalue weighted by Gasteiger charge is -2.30. The number of nitrogens with two attached hydrogens (primary N) is 1. The predicted octanol–water partition coefficient (Wildman–Crippen LogP) is 1.36. The summed E-state index contributed by atoms with van der Waals surface area (Å²) >= 11 is 0. The zero-order chi connectivity index (χ0) is 21.9. The summed E-state index contributed by atoms with van der Waals surface area (Å²) in [5, 5.41) is 7.90. The molecule has 10 heteroatoms. The summed E-state index contributed by atoms with van der Waals surface area (Å²) in [5.41, 5.74) is 1.73. The fraction of sp³-hybridized carbons (Fsp3) is 0.350. The lowest BCUT2D eigenvalue weighted by atomic mass is 9.97. The maximum atomic E-state index is 12.8. The number of rotatable bonds is 6. The lowest BCUT2D eigenvalue weighted by molar-refractivity contribution is -0.126. The molecule has 0 radical (unpaired) electrons. The molecule has 3 rings (SSSR count). The van der Waals surface area contributed by atoms with Crippen molar-refractivity contribution >= 4 is 26.0 Å². The Morgan fingerprint density at radius 2 is 1.50 bits per heavy atom. The monoisotopic (exact) mass is 451 g/mol. The summed E-state index contributed by atoms with van der Waals surface area (Å²) in [6.07, 6.45) is 0.891. The summed E-state index contributed by atoms with van der Waals surface area (Å²) < 4.78 is 49.5. The zero-order valence-corrected chi connectivity index (χ0v) is 18.2. The molecule has 1 aliphatic heterocycles.